The van der Waals surface area contributed by atoms with Gasteiger partial charge in [0.05, 0.1) is 0 Å². The summed E-state index contributed by atoms with van der Waals surface area (Å²) in [6, 6.07) is 5.55. The average Bonchev–Trinajstić information content (AvgIpc) is 2.42. The zero-order chi connectivity index (χ0) is 16.0. The highest BCUT2D eigenvalue weighted by molar-refractivity contribution is 5.84. The molecule has 0 radical (unpaired) electrons. The molecule has 0 aliphatic heterocycles. The highest BCUT2D eigenvalue weighted by Crippen LogP contribution is 2.14. The third-order valence-corrected chi connectivity index (χ3v) is 3.48. The lowest BCUT2D eigenvalue weighted by atomic mass is 9.98. The van der Waals surface area contributed by atoms with Crippen molar-refractivity contribution in [1.82, 2.24) is 5.32 Å². The molecule has 0 saturated heterocycles. The van der Waals surface area contributed by atoms with Crippen molar-refractivity contribution in [2.75, 3.05) is 0 Å². The Bertz CT molecular complexity index is 502. The molecule has 0 fully saturated rings. The van der Waals surface area contributed by atoms with E-state index in [0.717, 1.165) is 0 Å². The monoisotopic (exact) mass is 295 g/mol. The van der Waals surface area contributed by atoms with Crippen molar-refractivity contribution in [2.24, 2.45) is 11.8 Å². The van der Waals surface area contributed by atoms with Gasteiger partial charge in [0, 0.05) is 5.92 Å². The summed E-state index contributed by atoms with van der Waals surface area (Å²) in [5, 5.41) is 11.6. The van der Waals surface area contributed by atoms with Gasteiger partial charge in [-0.1, -0.05) is 39.0 Å². The predicted octanol–water partition coefficient (Wildman–Crippen LogP) is 2.62. The number of hydrogen-bond donors (Lipinski definition) is 2. The lowest BCUT2D eigenvalue weighted by Gasteiger charge is -2.20. The summed E-state index contributed by atoms with van der Waals surface area (Å²) in [6.07, 6.45) is 0.915. The second-order valence-electron chi connectivity index (χ2n) is 5.60. The topological polar surface area (TPSA) is 66.4 Å². The van der Waals surface area contributed by atoms with Gasteiger partial charge >= 0.3 is 5.97 Å². The molecule has 21 heavy (non-hydrogen) atoms. The number of aliphatic carboxylic acids is 1. The van der Waals surface area contributed by atoms with Crippen LogP contribution in [0.4, 0.5) is 4.39 Å². The van der Waals surface area contributed by atoms with E-state index in [9.17, 15) is 14.0 Å². The summed E-state index contributed by atoms with van der Waals surface area (Å²) in [5.74, 6) is -2.20. The molecule has 0 aliphatic carbocycles. The highest BCUT2D eigenvalue weighted by atomic mass is 19.1. The molecule has 1 amide bonds. The minimum Gasteiger partial charge on any atom is -0.480 e. The Hall–Kier alpha value is -1.91. The van der Waals surface area contributed by atoms with Gasteiger partial charge in [0.2, 0.25) is 5.91 Å². The van der Waals surface area contributed by atoms with Crippen LogP contribution in [0.25, 0.3) is 0 Å². The van der Waals surface area contributed by atoms with Crippen LogP contribution in [0.3, 0.4) is 0 Å². The number of carbonyl (C=O) groups is 2. The molecule has 4 nitrogen and oxygen atoms in total. The van der Waals surface area contributed by atoms with Crippen LogP contribution in [-0.2, 0) is 16.0 Å². The first-order valence-corrected chi connectivity index (χ1v) is 7.09. The number of aryl methyl sites for hydroxylation is 1. The zero-order valence-electron chi connectivity index (χ0n) is 12.6. The lowest BCUT2D eigenvalue weighted by molar-refractivity contribution is -0.143. The first kappa shape index (κ1) is 17.1. The van der Waals surface area contributed by atoms with E-state index in [4.69, 9.17) is 5.11 Å². The molecule has 1 unspecified atom stereocenters. The minimum atomic E-state index is -1.04. The molecule has 0 aromatic heterocycles. The van der Waals surface area contributed by atoms with Gasteiger partial charge < -0.3 is 10.4 Å². The average molecular weight is 295 g/mol. The van der Waals surface area contributed by atoms with E-state index < -0.39 is 12.0 Å². The Kier molecular flexibility index (Phi) is 6.34. The van der Waals surface area contributed by atoms with Crippen LogP contribution in [0.2, 0.25) is 0 Å². The number of carboxylic acid groups (broad SMARTS) is 1. The van der Waals surface area contributed by atoms with Crippen LogP contribution < -0.4 is 5.32 Å². The Labute approximate surface area is 124 Å². The van der Waals surface area contributed by atoms with Gasteiger partial charge in [-0.05, 0) is 30.4 Å². The molecule has 5 heteroatoms. The Morgan fingerprint density at radius 2 is 1.86 bits per heavy atom. The van der Waals surface area contributed by atoms with Crippen molar-refractivity contribution in [3.8, 4) is 0 Å². The van der Waals surface area contributed by atoms with Gasteiger partial charge in [-0.15, -0.1) is 0 Å². The third kappa shape index (κ3) is 5.17. The van der Waals surface area contributed by atoms with E-state index in [1.165, 1.54) is 6.07 Å². The Balaban J connectivity index is 2.55. The van der Waals surface area contributed by atoms with Crippen LogP contribution >= 0.6 is 0 Å². The molecular weight excluding hydrogens is 273 g/mol. The van der Waals surface area contributed by atoms with Crippen molar-refractivity contribution in [3.63, 3.8) is 0 Å². The fourth-order valence-corrected chi connectivity index (χ4v) is 2.01. The van der Waals surface area contributed by atoms with Gasteiger partial charge in [0.25, 0.3) is 0 Å². The maximum atomic E-state index is 13.5. The Morgan fingerprint density at radius 3 is 2.38 bits per heavy atom. The number of rotatable bonds is 7. The summed E-state index contributed by atoms with van der Waals surface area (Å²) < 4.78 is 13.5. The van der Waals surface area contributed by atoms with E-state index in [-0.39, 0.29) is 23.6 Å². The molecule has 0 aliphatic rings. The van der Waals surface area contributed by atoms with Gasteiger partial charge in [-0.3, -0.25) is 4.79 Å². The van der Waals surface area contributed by atoms with Crippen LogP contribution in [0.1, 0.15) is 32.8 Å². The maximum Gasteiger partial charge on any atom is 0.326 e. The van der Waals surface area contributed by atoms with Crippen molar-refractivity contribution in [1.29, 1.82) is 0 Å². The standard InChI is InChI=1S/C16H22FNO3/c1-10(2)14(16(20)21)18-15(19)11(3)8-9-12-6-4-5-7-13(12)17/h4-7,10-11,14H,8-9H2,1-3H3,(H,18,19)(H,20,21)/t11?,14-/m1/s1. The van der Waals surface area contributed by atoms with Gasteiger partial charge in [0.15, 0.2) is 0 Å². The maximum absolute atomic E-state index is 13.5. The molecule has 1 aromatic rings. The summed E-state index contributed by atoms with van der Waals surface area (Å²) in [4.78, 5) is 23.1. The molecule has 116 valence electrons. The molecule has 0 heterocycles. The van der Waals surface area contributed by atoms with Gasteiger partial charge in [-0.2, -0.15) is 0 Å². The Morgan fingerprint density at radius 1 is 1.24 bits per heavy atom. The highest BCUT2D eigenvalue weighted by Gasteiger charge is 2.25. The van der Waals surface area contributed by atoms with Crippen molar-refractivity contribution >= 4 is 11.9 Å². The SMILES string of the molecule is CC(CCc1ccccc1F)C(=O)N[C@@H](C(=O)O)C(C)C. The summed E-state index contributed by atoms with van der Waals surface area (Å²) >= 11 is 0. The number of amides is 1. The number of carboxylic acids is 1. The number of hydrogen-bond acceptors (Lipinski definition) is 2. The number of nitrogens with one attached hydrogen (secondary N) is 1. The smallest absolute Gasteiger partial charge is 0.326 e. The normalized spacial score (nSPS) is 13.8. The van der Waals surface area contributed by atoms with E-state index in [0.29, 0.717) is 18.4 Å². The third-order valence-electron chi connectivity index (χ3n) is 3.48. The van der Waals surface area contributed by atoms with Crippen molar-refractivity contribution in [2.45, 2.75) is 39.7 Å². The fourth-order valence-electron chi connectivity index (χ4n) is 2.01. The van der Waals surface area contributed by atoms with Crippen molar-refractivity contribution in [3.05, 3.63) is 35.6 Å². The molecule has 1 rings (SSSR count). The predicted molar refractivity (Wildman–Crippen MR) is 78.3 cm³/mol. The van der Waals surface area contributed by atoms with E-state index in [1.54, 1.807) is 39.0 Å². The van der Waals surface area contributed by atoms with Crippen LogP contribution in [0.5, 0.6) is 0 Å². The molecule has 0 bridgehead atoms. The second kappa shape index (κ2) is 7.76. The number of carbonyl (C=O) groups excluding carboxylic acids is 1. The number of halogens is 1. The zero-order valence-corrected chi connectivity index (χ0v) is 12.6. The summed E-state index contributed by atoms with van der Waals surface area (Å²) in [7, 11) is 0. The lowest BCUT2D eigenvalue weighted by Crippen LogP contribution is -2.46. The molecule has 0 spiro atoms. The molecule has 1 aromatic carbocycles. The minimum absolute atomic E-state index is 0.190. The summed E-state index contributed by atoms with van der Waals surface area (Å²) in [5.41, 5.74) is 0.566. The molecule has 0 saturated carbocycles. The second-order valence-corrected chi connectivity index (χ2v) is 5.60. The van der Waals surface area contributed by atoms with Crippen LogP contribution in [0.15, 0.2) is 24.3 Å². The molecular formula is C16H22FNO3. The summed E-state index contributed by atoms with van der Waals surface area (Å²) in [6.45, 7) is 5.20. The van der Waals surface area contributed by atoms with E-state index >= 15 is 0 Å². The molecule has 2 N–H and O–H groups in total. The first-order chi connectivity index (χ1) is 9.82. The number of benzene rings is 1. The van der Waals surface area contributed by atoms with Crippen molar-refractivity contribution < 1.29 is 19.1 Å². The quantitative estimate of drug-likeness (QED) is 0.812. The van der Waals surface area contributed by atoms with E-state index in [1.807, 2.05) is 0 Å². The largest absolute Gasteiger partial charge is 0.480 e. The van der Waals surface area contributed by atoms with Crippen LogP contribution in [0, 0.1) is 17.7 Å². The van der Waals surface area contributed by atoms with Gasteiger partial charge in [0.1, 0.15) is 11.9 Å². The van der Waals surface area contributed by atoms with Gasteiger partial charge in [-0.25, -0.2) is 9.18 Å². The fraction of sp³-hybridized carbons (Fsp3) is 0.500. The first-order valence-electron chi connectivity index (χ1n) is 7.09. The molecule has 2 atom stereocenters. The van der Waals surface area contributed by atoms with E-state index in [2.05, 4.69) is 5.32 Å². The van der Waals surface area contributed by atoms with Crippen LogP contribution in [-0.4, -0.2) is 23.0 Å².